The van der Waals surface area contributed by atoms with E-state index in [1.54, 1.807) is 17.5 Å². The number of aryl methyl sites for hydroxylation is 1. The predicted molar refractivity (Wildman–Crippen MR) is 103 cm³/mol. The fourth-order valence-corrected chi connectivity index (χ4v) is 4.06. The van der Waals surface area contributed by atoms with Gasteiger partial charge in [0, 0.05) is 35.6 Å². The van der Waals surface area contributed by atoms with E-state index in [2.05, 4.69) is 33.2 Å². The van der Waals surface area contributed by atoms with Crippen LogP contribution in [0.25, 0.3) is 0 Å². The zero-order chi connectivity index (χ0) is 17.9. The molecule has 0 saturated carbocycles. The molecule has 0 radical (unpaired) electrons. The van der Waals surface area contributed by atoms with Crippen LogP contribution in [0.1, 0.15) is 49.1 Å². The van der Waals surface area contributed by atoms with Gasteiger partial charge in [-0.05, 0) is 45.4 Å². The summed E-state index contributed by atoms with van der Waals surface area (Å²) in [5.74, 6) is 1.68. The van der Waals surface area contributed by atoms with Gasteiger partial charge in [0.2, 0.25) is 0 Å². The van der Waals surface area contributed by atoms with Crippen LogP contribution in [0.15, 0.2) is 42.0 Å². The minimum atomic E-state index is 0.212. The Morgan fingerprint density at radius 1 is 1.23 bits per heavy atom. The lowest BCUT2D eigenvalue weighted by Gasteiger charge is -2.29. The van der Waals surface area contributed by atoms with Gasteiger partial charge in [0.25, 0.3) is 0 Å². The molecule has 134 valence electrons. The molecule has 26 heavy (non-hydrogen) atoms. The molecule has 0 aliphatic carbocycles. The van der Waals surface area contributed by atoms with Gasteiger partial charge in [0.15, 0.2) is 5.13 Å². The Hall–Kier alpha value is -2.38. The first kappa shape index (κ1) is 17.1. The maximum Gasteiger partial charge on any atom is 0.188 e. The summed E-state index contributed by atoms with van der Waals surface area (Å²) in [5.41, 5.74) is 2.06. The number of hydrogen-bond donors (Lipinski definition) is 1. The highest BCUT2D eigenvalue weighted by Crippen LogP contribution is 2.37. The van der Waals surface area contributed by atoms with E-state index >= 15 is 0 Å². The van der Waals surface area contributed by atoms with Crippen LogP contribution in [0.5, 0.6) is 0 Å². The molecule has 1 saturated heterocycles. The number of pyridine rings is 1. The van der Waals surface area contributed by atoms with E-state index in [4.69, 9.17) is 9.97 Å². The van der Waals surface area contributed by atoms with Crippen molar-refractivity contribution in [3.8, 4) is 0 Å². The minimum Gasteiger partial charge on any atom is -0.316 e. The first-order valence-corrected chi connectivity index (χ1v) is 9.77. The zero-order valence-corrected chi connectivity index (χ0v) is 15.8. The second-order valence-electron chi connectivity index (χ2n) is 6.54. The first-order valence-electron chi connectivity index (χ1n) is 8.89. The van der Waals surface area contributed by atoms with Crippen LogP contribution in [0, 0.1) is 6.92 Å². The largest absolute Gasteiger partial charge is 0.316 e. The third-order valence-corrected chi connectivity index (χ3v) is 5.43. The molecular formula is C19H22N6S. The monoisotopic (exact) mass is 366 g/mol. The third kappa shape index (κ3) is 3.59. The molecule has 4 heterocycles. The van der Waals surface area contributed by atoms with Gasteiger partial charge in [-0.15, -0.1) is 11.3 Å². The highest BCUT2D eigenvalue weighted by Gasteiger charge is 2.33. The molecule has 1 aliphatic heterocycles. The molecular weight excluding hydrogens is 344 g/mol. The molecule has 0 spiro atoms. The second-order valence-corrected chi connectivity index (χ2v) is 7.44. The highest BCUT2D eigenvalue weighted by molar-refractivity contribution is 7.13. The van der Waals surface area contributed by atoms with Crippen molar-refractivity contribution in [3.63, 3.8) is 0 Å². The Kier molecular flexibility index (Phi) is 4.90. The number of thiazole rings is 1. The molecule has 1 N–H and O–H groups in total. The molecule has 3 aromatic heterocycles. The van der Waals surface area contributed by atoms with Crippen molar-refractivity contribution in [3.05, 3.63) is 59.3 Å². The summed E-state index contributed by atoms with van der Waals surface area (Å²) in [5, 5.41) is 6.09. The number of nitrogens with zero attached hydrogens (tertiary/aromatic N) is 5. The number of hydrogen-bond acceptors (Lipinski definition) is 7. The van der Waals surface area contributed by atoms with Crippen molar-refractivity contribution in [2.75, 3.05) is 11.9 Å². The summed E-state index contributed by atoms with van der Waals surface area (Å²) < 4.78 is 0. The lowest BCUT2D eigenvalue weighted by Crippen LogP contribution is -2.28. The van der Waals surface area contributed by atoms with E-state index in [9.17, 15) is 0 Å². The summed E-state index contributed by atoms with van der Waals surface area (Å²) in [4.78, 5) is 20.8. The van der Waals surface area contributed by atoms with E-state index in [-0.39, 0.29) is 12.1 Å². The summed E-state index contributed by atoms with van der Waals surface area (Å²) in [6.45, 7) is 5.26. The average molecular weight is 366 g/mol. The molecule has 1 unspecified atom stereocenters. The number of rotatable bonds is 5. The number of likely N-dealkylation sites (tertiary alicyclic amines) is 1. The summed E-state index contributed by atoms with van der Waals surface area (Å²) in [7, 11) is 0. The van der Waals surface area contributed by atoms with Crippen molar-refractivity contribution in [1.82, 2.24) is 24.8 Å². The van der Waals surface area contributed by atoms with Gasteiger partial charge in [0.1, 0.15) is 11.6 Å². The summed E-state index contributed by atoms with van der Waals surface area (Å²) in [6.07, 6.45) is 5.86. The molecule has 1 aliphatic rings. The van der Waals surface area contributed by atoms with Gasteiger partial charge in [-0.25, -0.2) is 15.0 Å². The Morgan fingerprint density at radius 3 is 2.92 bits per heavy atom. The maximum absolute atomic E-state index is 4.80. The standard InChI is InChI=1S/C19H22N6S/c1-13-12-17(24-19-21-9-11-26-19)23-18(22-13)16-7-5-10-25(16)14(2)15-6-3-4-8-20-15/h3-4,6,8-9,11-12,14,16H,5,7,10H2,1-2H3,(H,21,22,23,24)/t14-,16?/m0/s1. The fraction of sp³-hybridized carbons (Fsp3) is 0.368. The molecule has 6 nitrogen and oxygen atoms in total. The van der Waals surface area contributed by atoms with Gasteiger partial charge in [-0.3, -0.25) is 9.88 Å². The lowest BCUT2D eigenvalue weighted by molar-refractivity contribution is 0.184. The lowest BCUT2D eigenvalue weighted by atomic mass is 10.1. The smallest absolute Gasteiger partial charge is 0.188 e. The topological polar surface area (TPSA) is 66.8 Å². The summed E-state index contributed by atoms with van der Waals surface area (Å²) >= 11 is 1.56. The van der Waals surface area contributed by atoms with Crippen molar-refractivity contribution >= 4 is 22.3 Å². The normalized spacial score (nSPS) is 18.8. The number of anilines is 2. The molecule has 4 rings (SSSR count). The van der Waals surface area contributed by atoms with Gasteiger partial charge >= 0.3 is 0 Å². The van der Waals surface area contributed by atoms with Crippen LogP contribution >= 0.6 is 11.3 Å². The third-order valence-electron chi connectivity index (χ3n) is 4.74. The number of aromatic nitrogens is 4. The highest BCUT2D eigenvalue weighted by atomic mass is 32.1. The SMILES string of the molecule is Cc1cc(Nc2nccs2)nc(C2CCCN2[C@@H](C)c2ccccn2)n1. The molecule has 7 heteroatoms. The van der Waals surface area contributed by atoms with Gasteiger partial charge in [-0.2, -0.15) is 0 Å². The Labute approximate surface area is 157 Å². The van der Waals surface area contributed by atoms with Crippen LogP contribution in [0.4, 0.5) is 10.9 Å². The summed E-state index contributed by atoms with van der Waals surface area (Å²) in [6, 6.07) is 8.51. The van der Waals surface area contributed by atoms with Crippen molar-refractivity contribution < 1.29 is 0 Å². The van der Waals surface area contributed by atoms with Crippen LogP contribution in [-0.2, 0) is 0 Å². The molecule has 2 atom stereocenters. The van der Waals surface area contributed by atoms with Crippen LogP contribution < -0.4 is 5.32 Å². The van der Waals surface area contributed by atoms with E-state index in [0.29, 0.717) is 0 Å². The van der Waals surface area contributed by atoms with Crippen molar-refractivity contribution in [2.24, 2.45) is 0 Å². The van der Waals surface area contributed by atoms with Gasteiger partial charge in [-0.1, -0.05) is 6.07 Å². The van der Waals surface area contributed by atoms with Crippen LogP contribution in [0.3, 0.4) is 0 Å². The minimum absolute atomic E-state index is 0.212. The number of nitrogens with one attached hydrogen (secondary N) is 1. The zero-order valence-electron chi connectivity index (χ0n) is 15.0. The first-order chi connectivity index (χ1) is 12.7. The van der Waals surface area contributed by atoms with E-state index in [0.717, 1.165) is 47.5 Å². The van der Waals surface area contributed by atoms with Crippen molar-refractivity contribution in [1.29, 1.82) is 0 Å². The maximum atomic E-state index is 4.80. The van der Waals surface area contributed by atoms with Crippen LogP contribution in [0.2, 0.25) is 0 Å². The van der Waals surface area contributed by atoms with Crippen molar-refractivity contribution in [2.45, 2.75) is 38.8 Å². The Bertz CT molecular complexity index is 852. The van der Waals surface area contributed by atoms with Gasteiger partial charge < -0.3 is 5.32 Å². The van der Waals surface area contributed by atoms with E-state index in [1.165, 1.54) is 0 Å². The van der Waals surface area contributed by atoms with E-state index in [1.807, 2.05) is 36.7 Å². The molecule has 1 fully saturated rings. The Balaban J connectivity index is 1.60. The Morgan fingerprint density at radius 2 is 2.15 bits per heavy atom. The quantitative estimate of drug-likeness (QED) is 0.727. The molecule has 3 aromatic rings. The predicted octanol–water partition coefficient (Wildman–Crippen LogP) is 4.28. The van der Waals surface area contributed by atoms with Gasteiger partial charge in [0.05, 0.1) is 11.7 Å². The molecule has 0 aromatic carbocycles. The van der Waals surface area contributed by atoms with Crippen LogP contribution in [-0.4, -0.2) is 31.4 Å². The van der Waals surface area contributed by atoms with E-state index < -0.39 is 0 Å². The molecule has 0 bridgehead atoms. The second kappa shape index (κ2) is 7.47. The fourth-order valence-electron chi connectivity index (χ4n) is 3.52. The molecule has 0 amide bonds. The average Bonchev–Trinajstić information content (AvgIpc) is 3.33.